The van der Waals surface area contributed by atoms with Gasteiger partial charge in [-0.1, -0.05) is 158 Å². The Kier molecular flexibility index (Phi) is 13.8. The van der Waals surface area contributed by atoms with Crippen LogP contribution in [0.5, 0.6) is 0 Å². The molecule has 11 heteroatoms. The molecule has 0 saturated carbocycles. The van der Waals surface area contributed by atoms with Gasteiger partial charge in [0.1, 0.15) is 6.54 Å². The van der Waals surface area contributed by atoms with E-state index in [1.807, 2.05) is 48.6 Å². The number of nitrogens with zero attached hydrogens (tertiary/aromatic N) is 3. The normalized spacial score (nSPS) is 17.5. The maximum atomic E-state index is 15.4. The van der Waals surface area contributed by atoms with Crippen LogP contribution in [0.3, 0.4) is 0 Å². The monoisotopic (exact) mass is 1090 g/mol. The van der Waals surface area contributed by atoms with Gasteiger partial charge < -0.3 is 4.90 Å². The van der Waals surface area contributed by atoms with Crippen molar-refractivity contribution in [3.8, 4) is 0 Å². The molecular formula is C59H59Br2F3N3O2S+. The SMILES string of the molecule is CCCCCN1/C(=C/C=C2C(N(Cc3ccccc3)S(=O)(=O)C(F)(F)F)=C(/C=C/C3=[N+](CCCCC)c4ccc5cc(Br)ccc5c4C3(C)C)c3ccccc3/2)C(C)(C)c2c1ccc1cc(Br)ccc21. The Hall–Kier alpha value is -5.23. The van der Waals surface area contributed by atoms with Crippen LogP contribution >= 0.6 is 31.9 Å². The van der Waals surface area contributed by atoms with E-state index in [1.54, 1.807) is 30.3 Å². The average Bonchev–Trinajstić information content (AvgIpc) is 3.83. The van der Waals surface area contributed by atoms with Crippen LogP contribution in [0.25, 0.3) is 32.7 Å². The molecule has 6 aromatic rings. The minimum Gasteiger partial charge on any atom is -0.344 e. The molecule has 0 atom stereocenters. The molecule has 0 saturated heterocycles. The lowest BCUT2D eigenvalue weighted by molar-refractivity contribution is -0.438. The number of benzene rings is 6. The highest BCUT2D eigenvalue weighted by atomic mass is 79.9. The van der Waals surface area contributed by atoms with E-state index in [0.717, 1.165) is 105 Å². The Balaban J connectivity index is 1.30. The van der Waals surface area contributed by atoms with Gasteiger partial charge in [-0.05, 0) is 119 Å². The zero-order valence-electron chi connectivity index (χ0n) is 40.6. The first-order valence-corrected chi connectivity index (χ1v) is 27.4. The van der Waals surface area contributed by atoms with E-state index in [-0.39, 0.29) is 5.70 Å². The molecule has 0 N–H and O–H groups in total. The summed E-state index contributed by atoms with van der Waals surface area (Å²) in [5.41, 5.74) is 2.38. The molecule has 9 rings (SSSR count). The topological polar surface area (TPSA) is 43.6 Å². The Morgan fingerprint density at radius 1 is 0.686 bits per heavy atom. The van der Waals surface area contributed by atoms with Crippen molar-refractivity contribution in [3.63, 3.8) is 0 Å². The number of hydrogen-bond acceptors (Lipinski definition) is 3. The molecule has 6 aromatic carbocycles. The van der Waals surface area contributed by atoms with Gasteiger partial charge in [0.05, 0.1) is 17.7 Å². The molecule has 0 spiro atoms. The van der Waals surface area contributed by atoms with Crippen molar-refractivity contribution in [1.29, 1.82) is 0 Å². The maximum Gasteiger partial charge on any atom is 0.516 e. The van der Waals surface area contributed by atoms with Crippen LogP contribution in [0.15, 0.2) is 160 Å². The van der Waals surface area contributed by atoms with E-state index >= 15 is 13.2 Å². The molecule has 362 valence electrons. The Bertz CT molecular complexity index is 3310. The molecule has 0 unspecified atom stereocenters. The lowest BCUT2D eigenvalue weighted by atomic mass is 9.79. The third-order valence-electron chi connectivity index (χ3n) is 14.4. The molecule has 0 aromatic heterocycles. The molecule has 2 heterocycles. The zero-order valence-corrected chi connectivity index (χ0v) is 44.6. The molecule has 0 amide bonds. The lowest BCUT2D eigenvalue weighted by Gasteiger charge is -2.29. The van der Waals surface area contributed by atoms with Gasteiger partial charge in [-0.15, -0.1) is 0 Å². The highest BCUT2D eigenvalue weighted by Crippen LogP contribution is 2.53. The summed E-state index contributed by atoms with van der Waals surface area (Å²) in [5.74, 6) is 0. The number of halogens is 5. The van der Waals surface area contributed by atoms with E-state index < -0.39 is 32.9 Å². The fourth-order valence-electron chi connectivity index (χ4n) is 11.1. The number of allylic oxidation sites excluding steroid dienone is 7. The van der Waals surface area contributed by atoms with Crippen molar-refractivity contribution in [2.75, 3.05) is 18.0 Å². The zero-order chi connectivity index (χ0) is 49.8. The number of unbranched alkanes of at least 4 members (excludes halogenated alkanes) is 4. The molecule has 2 aliphatic heterocycles. The van der Waals surface area contributed by atoms with Crippen molar-refractivity contribution in [2.45, 2.75) is 103 Å². The second kappa shape index (κ2) is 19.4. The fraction of sp³-hybridized carbons (Fsp3) is 0.305. The molecule has 0 bridgehead atoms. The van der Waals surface area contributed by atoms with Crippen LogP contribution in [-0.2, 0) is 27.4 Å². The number of alkyl halides is 3. The summed E-state index contributed by atoms with van der Waals surface area (Å²) in [6.07, 6.45) is 13.8. The second-order valence-corrected chi connectivity index (χ2v) is 23.4. The summed E-state index contributed by atoms with van der Waals surface area (Å²) in [5, 5.41) is 4.47. The number of hydrogen-bond donors (Lipinski definition) is 0. The summed E-state index contributed by atoms with van der Waals surface area (Å²) < 4.78 is 79.8. The van der Waals surface area contributed by atoms with Crippen molar-refractivity contribution >= 4 is 91.7 Å². The first-order chi connectivity index (χ1) is 33.4. The summed E-state index contributed by atoms with van der Waals surface area (Å²) >= 11 is 7.32. The minimum atomic E-state index is -5.97. The van der Waals surface area contributed by atoms with Gasteiger partial charge in [-0.2, -0.15) is 26.2 Å². The minimum absolute atomic E-state index is 0.0154. The molecule has 70 heavy (non-hydrogen) atoms. The van der Waals surface area contributed by atoms with E-state index in [9.17, 15) is 8.42 Å². The second-order valence-electron chi connectivity index (χ2n) is 19.7. The first kappa shape index (κ1) is 49.7. The number of sulfonamides is 1. The van der Waals surface area contributed by atoms with Crippen molar-refractivity contribution in [3.05, 3.63) is 188 Å². The van der Waals surface area contributed by atoms with Gasteiger partial charge in [-0.25, -0.2) is 0 Å². The molecule has 1 aliphatic carbocycles. The van der Waals surface area contributed by atoms with Crippen LogP contribution in [-0.4, -0.2) is 41.6 Å². The van der Waals surface area contributed by atoms with Crippen LogP contribution in [0, 0.1) is 0 Å². The van der Waals surface area contributed by atoms with Crippen LogP contribution in [0.2, 0.25) is 0 Å². The van der Waals surface area contributed by atoms with Crippen molar-refractivity contribution in [2.24, 2.45) is 0 Å². The summed E-state index contributed by atoms with van der Waals surface area (Å²) in [6, 6.07) is 37.4. The summed E-state index contributed by atoms with van der Waals surface area (Å²) in [7, 11) is -5.97. The van der Waals surface area contributed by atoms with E-state index in [4.69, 9.17) is 0 Å². The van der Waals surface area contributed by atoms with Gasteiger partial charge in [-0.3, -0.25) is 4.31 Å². The molecule has 0 radical (unpaired) electrons. The van der Waals surface area contributed by atoms with E-state index in [0.29, 0.717) is 32.1 Å². The largest absolute Gasteiger partial charge is 0.516 e. The van der Waals surface area contributed by atoms with Crippen LogP contribution in [0.4, 0.5) is 24.5 Å². The summed E-state index contributed by atoms with van der Waals surface area (Å²) in [4.78, 5) is 2.36. The third-order valence-corrected chi connectivity index (χ3v) is 16.9. The van der Waals surface area contributed by atoms with E-state index in [1.165, 1.54) is 11.1 Å². The average molecular weight is 1090 g/mol. The molecule has 5 nitrogen and oxygen atoms in total. The Morgan fingerprint density at radius 3 is 1.96 bits per heavy atom. The van der Waals surface area contributed by atoms with Crippen molar-refractivity contribution in [1.82, 2.24) is 4.31 Å². The highest BCUT2D eigenvalue weighted by molar-refractivity contribution is 9.10. The fourth-order valence-corrected chi connectivity index (χ4v) is 12.9. The maximum absolute atomic E-state index is 15.4. The quantitative estimate of drug-likeness (QED) is 0.0760. The van der Waals surface area contributed by atoms with Crippen LogP contribution in [0.1, 0.15) is 108 Å². The Labute approximate surface area is 428 Å². The highest BCUT2D eigenvalue weighted by Gasteiger charge is 2.53. The number of anilines is 1. The van der Waals surface area contributed by atoms with Gasteiger partial charge in [0.2, 0.25) is 5.69 Å². The lowest BCUT2D eigenvalue weighted by Crippen LogP contribution is -2.40. The standard InChI is InChI=1S/C59H59Br2F3N3O2S/c1-7-9-16-34-65-50-30-22-40-36-42(60)24-26-44(40)54(50)57(3,4)52(65)32-28-48-46-20-14-15-21-47(46)49(56(48)67(70(68,69)59(62,63)64)38-39-18-12-11-13-19-39)29-33-53-58(5,6)55-45-27-25-43(61)37-41(45)23-31-51(55)66(53)35-17-10-8-2/h11-15,18-33,36-37H,7-10,16-17,34-35,38H2,1-6H3/q+1. The number of fused-ring (bicyclic) bond motifs is 7. The number of rotatable bonds is 15. The Morgan fingerprint density at radius 2 is 1.30 bits per heavy atom. The predicted octanol–water partition coefficient (Wildman–Crippen LogP) is 16.7. The third kappa shape index (κ3) is 8.82. The van der Waals surface area contributed by atoms with Crippen LogP contribution < -0.4 is 4.90 Å². The smallest absolute Gasteiger partial charge is 0.344 e. The summed E-state index contributed by atoms with van der Waals surface area (Å²) in [6.45, 7) is 14.1. The van der Waals surface area contributed by atoms with Gasteiger partial charge in [0.15, 0.2) is 5.71 Å². The van der Waals surface area contributed by atoms with E-state index in [2.05, 4.69) is 144 Å². The van der Waals surface area contributed by atoms with Gasteiger partial charge >= 0.3 is 15.5 Å². The molecule has 3 aliphatic rings. The van der Waals surface area contributed by atoms with Gasteiger partial charge in [0.25, 0.3) is 0 Å². The van der Waals surface area contributed by atoms with Crippen molar-refractivity contribution < 1.29 is 26.2 Å². The van der Waals surface area contributed by atoms with Gasteiger partial charge in [0, 0.05) is 67.6 Å². The predicted molar refractivity (Wildman–Crippen MR) is 291 cm³/mol. The molecule has 0 fully saturated rings. The first-order valence-electron chi connectivity index (χ1n) is 24.4. The molecular weight excluding hydrogens is 1030 g/mol.